The number of benzene rings is 2. The number of carbonyl (C=O) groups is 1. The average Bonchev–Trinajstić information content (AvgIpc) is 3.01. The molecular formula is C20H22N4O. The molecule has 128 valence electrons. The molecule has 2 aromatic carbocycles. The predicted molar refractivity (Wildman–Crippen MR) is 100 cm³/mol. The molecule has 0 aliphatic carbocycles. The Morgan fingerprint density at radius 1 is 1.00 bits per heavy atom. The van der Waals surface area contributed by atoms with E-state index in [1.165, 1.54) is 0 Å². The van der Waals surface area contributed by atoms with Gasteiger partial charge in [0, 0.05) is 25.1 Å². The van der Waals surface area contributed by atoms with Gasteiger partial charge in [-0.3, -0.25) is 4.79 Å². The second-order valence-corrected chi connectivity index (χ2v) is 5.69. The van der Waals surface area contributed by atoms with Crippen LogP contribution in [0.25, 0.3) is 22.5 Å². The molecule has 3 aromatic rings. The van der Waals surface area contributed by atoms with Gasteiger partial charge in [-0.1, -0.05) is 61.5 Å². The van der Waals surface area contributed by atoms with Crippen molar-refractivity contribution in [3.8, 4) is 22.5 Å². The van der Waals surface area contributed by atoms with E-state index in [1.54, 1.807) is 16.5 Å². The second-order valence-electron chi connectivity index (χ2n) is 5.69. The Bertz CT molecular complexity index is 914. The van der Waals surface area contributed by atoms with Gasteiger partial charge >= 0.3 is 0 Å². The van der Waals surface area contributed by atoms with Crippen molar-refractivity contribution in [3.63, 3.8) is 0 Å². The van der Waals surface area contributed by atoms with E-state index in [9.17, 15) is 4.79 Å². The third-order valence-corrected chi connectivity index (χ3v) is 4.26. The lowest BCUT2D eigenvalue weighted by Crippen LogP contribution is -2.29. The molecule has 0 radical (unpaired) electrons. The van der Waals surface area contributed by atoms with Crippen molar-refractivity contribution < 1.29 is 4.79 Å². The molecule has 5 nitrogen and oxygen atoms in total. The van der Waals surface area contributed by atoms with Crippen LogP contribution in [0.2, 0.25) is 0 Å². The van der Waals surface area contributed by atoms with E-state index in [1.807, 2.05) is 57.3 Å². The molecule has 1 aliphatic rings. The number of anilines is 1. The monoisotopic (exact) mass is 334 g/mol. The summed E-state index contributed by atoms with van der Waals surface area (Å²) in [6.45, 7) is 6.13. The van der Waals surface area contributed by atoms with E-state index in [0.717, 1.165) is 33.8 Å². The van der Waals surface area contributed by atoms with Crippen molar-refractivity contribution in [2.45, 2.75) is 27.3 Å². The standard InChI is InChI=1S/C18H16N4O.C2H6/c1-12(23)22-11-13-7-3-4-8-14(13)18-17(19-20-21(18)2)15-9-5-6-10-16(15)22;1-2/h3-10H,11H2,1-2H3;1-2H3. The Morgan fingerprint density at radius 2 is 1.64 bits per heavy atom. The molecule has 5 heteroatoms. The predicted octanol–water partition coefficient (Wildman–Crippen LogP) is 4.04. The molecule has 2 heterocycles. The van der Waals surface area contributed by atoms with Gasteiger partial charge in [0.15, 0.2) is 0 Å². The molecule has 0 spiro atoms. The summed E-state index contributed by atoms with van der Waals surface area (Å²) in [7, 11) is 1.90. The summed E-state index contributed by atoms with van der Waals surface area (Å²) in [6, 6.07) is 16.0. The minimum Gasteiger partial charge on any atom is -0.308 e. The van der Waals surface area contributed by atoms with Gasteiger partial charge in [-0.05, 0) is 11.6 Å². The number of hydrogen-bond donors (Lipinski definition) is 0. The number of amides is 1. The zero-order valence-electron chi connectivity index (χ0n) is 15.0. The number of aromatic nitrogens is 3. The first-order valence-electron chi connectivity index (χ1n) is 8.52. The number of hydrogen-bond acceptors (Lipinski definition) is 3. The lowest BCUT2D eigenvalue weighted by Gasteiger charge is -2.27. The Labute approximate surface area is 147 Å². The Balaban J connectivity index is 0.000000880. The molecule has 1 amide bonds. The van der Waals surface area contributed by atoms with E-state index in [2.05, 4.69) is 22.4 Å². The van der Waals surface area contributed by atoms with Gasteiger partial charge in [0.1, 0.15) is 5.69 Å². The lowest BCUT2D eigenvalue weighted by atomic mass is 9.95. The summed E-state index contributed by atoms with van der Waals surface area (Å²) in [6.07, 6.45) is 0. The van der Waals surface area contributed by atoms with Crippen molar-refractivity contribution in [1.29, 1.82) is 0 Å². The molecule has 0 saturated heterocycles. The highest BCUT2D eigenvalue weighted by atomic mass is 16.2. The number of fused-ring (bicyclic) bond motifs is 5. The number of nitrogens with zero attached hydrogens (tertiary/aromatic N) is 4. The highest BCUT2D eigenvalue weighted by Gasteiger charge is 2.26. The second kappa shape index (κ2) is 6.89. The molecule has 1 aliphatic heterocycles. The fraction of sp³-hybridized carbons (Fsp3) is 0.250. The van der Waals surface area contributed by atoms with E-state index in [4.69, 9.17) is 0 Å². The van der Waals surface area contributed by atoms with Gasteiger partial charge in [0.05, 0.1) is 17.9 Å². The van der Waals surface area contributed by atoms with Crippen molar-refractivity contribution >= 4 is 11.6 Å². The minimum atomic E-state index is 0.0135. The summed E-state index contributed by atoms with van der Waals surface area (Å²) in [5.74, 6) is 0.0135. The van der Waals surface area contributed by atoms with Gasteiger partial charge < -0.3 is 4.90 Å². The van der Waals surface area contributed by atoms with Gasteiger partial charge in [-0.25, -0.2) is 4.68 Å². The highest BCUT2D eigenvalue weighted by Crippen LogP contribution is 2.40. The molecule has 25 heavy (non-hydrogen) atoms. The van der Waals surface area contributed by atoms with E-state index in [-0.39, 0.29) is 5.91 Å². The zero-order chi connectivity index (χ0) is 18.0. The quantitative estimate of drug-likeness (QED) is 0.623. The van der Waals surface area contributed by atoms with Gasteiger partial charge in [-0.2, -0.15) is 0 Å². The summed E-state index contributed by atoms with van der Waals surface area (Å²) < 4.78 is 1.80. The normalized spacial score (nSPS) is 11.9. The minimum absolute atomic E-state index is 0.0135. The number of carbonyl (C=O) groups excluding carboxylic acids is 1. The highest BCUT2D eigenvalue weighted by molar-refractivity contribution is 5.99. The smallest absolute Gasteiger partial charge is 0.224 e. The maximum atomic E-state index is 12.2. The topological polar surface area (TPSA) is 51.0 Å². The van der Waals surface area contributed by atoms with Crippen LogP contribution in [-0.2, 0) is 18.4 Å². The number of para-hydroxylation sites is 1. The molecule has 4 rings (SSSR count). The number of aryl methyl sites for hydroxylation is 1. The first-order chi connectivity index (χ1) is 12.2. The molecule has 0 atom stereocenters. The SMILES string of the molecule is CC.CC(=O)N1Cc2ccccc2-c2c(nnn2C)-c2ccccc21. The van der Waals surface area contributed by atoms with Crippen LogP contribution >= 0.6 is 0 Å². The third-order valence-electron chi connectivity index (χ3n) is 4.26. The van der Waals surface area contributed by atoms with Gasteiger partial charge in [0.25, 0.3) is 0 Å². The van der Waals surface area contributed by atoms with E-state index >= 15 is 0 Å². The molecule has 0 saturated carbocycles. The van der Waals surface area contributed by atoms with E-state index < -0.39 is 0 Å². The van der Waals surface area contributed by atoms with Crippen LogP contribution in [0.3, 0.4) is 0 Å². The van der Waals surface area contributed by atoms with Gasteiger partial charge in [-0.15, -0.1) is 5.10 Å². The van der Waals surface area contributed by atoms with Crippen LogP contribution in [0.5, 0.6) is 0 Å². The molecule has 0 bridgehead atoms. The summed E-state index contributed by atoms with van der Waals surface area (Å²) in [5, 5.41) is 8.58. The van der Waals surface area contributed by atoms with Crippen molar-refractivity contribution in [2.75, 3.05) is 4.90 Å². The van der Waals surface area contributed by atoms with Crippen LogP contribution in [0.4, 0.5) is 5.69 Å². The van der Waals surface area contributed by atoms with Gasteiger partial charge in [0.2, 0.25) is 5.91 Å². The summed E-state index contributed by atoms with van der Waals surface area (Å²) in [5.41, 5.74) is 5.74. The largest absolute Gasteiger partial charge is 0.308 e. The molecule has 1 aromatic heterocycles. The first kappa shape index (κ1) is 16.9. The fourth-order valence-electron chi connectivity index (χ4n) is 3.18. The Kier molecular flexibility index (Phi) is 4.65. The van der Waals surface area contributed by atoms with Crippen LogP contribution in [0.1, 0.15) is 26.3 Å². The van der Waals surface area contributed by atoms with Crippen molar-refractivity contribution in [1.82, 2.24) is 15.0 Å². The first-order valence-corrected chi connectivity index (χ1v) is 8.52. The maximum absolute atomic E-state index is 12.2. The molecule has 0 fully saturated rings. The summed E-state index contributed by atoms with van der Waals surface area (Å²) in [4.78, 5) is 14.0. The van der Waals surface area contributed by atoms with E-state index in [0.29, 0.717) is 6.54 Å². The zero-order valence-corrected chi connectivity index (χ0v) is 15.0. The average molecular weight is 334 g/mol. The number of rotatable bonds is 0. The molecule has 0 unspecified atom stereocenters. The lowest BCUT2D eigenvalue weighted by molar-refractivity contribution is -0.116. The van der Waals surface area contributed by atoms with Crippen LogP contribution in [0, 0.1) is 0 Å². The van der Waals surface area contributed by atoms with Crippen LogP contribution < -0.4 is 4.90 Å². The molecule has 0 N–H and O–H groups in total. The van der Waals surface area contributed by atoms with Crippen molar-refractivity contribution in [2.24, 2.45) is 7.05 Å². The summed E-state index contributed by atoms with van der Waals surface area (Å²) >= 11 is 0. The Hall–Kier alpha value is -2.95. The molecular weight excluding hydrogens is 312 g/mol. The fourth-order valence-corrected chi connectivity index (χ4v) is 3.18. The maximum Gasteiger partial charge on any atom is 0.224 e. The van der Waals surface area contributed by atoms with Crippen LogP contribution in [-0.4, -0.2) is 20.9 Å². The van der Waals surface area contributed by atoms with Crippen LogP contribution in [0.15, 0.2) is 48.5 Å². The van der Waals surface area contributed by atoms with Crippen molar-refractivity contribution in [3.05, 3.63) is 54.1 Å². The third kappa shape index (κ3) is 2.82. The Morgan fingerprint density at radius 3 is 2.36 bits per heavy atom.